The number of benzene rings is 1. The van der Waals surface area contributed by atoms with Crippen LogP contribution >= 0.6 is 0 Å². The van der Waals surface area contributed by atoms with Crippen molar-refractivity contribution in [3.63, 3.8) is 0 Å². The van der Waals surface area contributed by atoms with E-state index in [0.29, 0.717) is 6.61 Å². The van der Waals surface area contributed by atoms with Crippen LogP contribution in [0.4, 0.5) is 0 Å². The molecule has 2 N–H and O–H groups in total. The van der Waals surface area contributed by atoms with E-state index in [4.69, 9.17) is 15.5 Å². The molecule has 0 saturated carbocycles. The van der Waals surface area contributed by atoms with Gasteiger partial charge in [-0.2, -0.15) is 0 Å². The first-order chi connectivity index (χ1) is 7.61. The van der Waals surface area contributed by atoms with Crippen molar-refractivity contribution in [3.8, 4) is 5.75 Å². The number of fused-ring (bicyclic) bond motifs is 1. The highest BCUT2D eigenvalue weighted by Crippen LogP contribution is 2.29. The first-order valence-electron chi connectivity index (χ1n) is 5.67. The summed E-state index contributed by atoms with van der Waals surface area (Å²) < 4.78 is 5.49. The van der Waals surface area contributed by atoms with E-state index in [2.05, 4.69) is 32.0 Å². The standard InChI is InChI=1S/C13H19NO2/c1-13(2,9-16-14)8-10-3-4-12-11(7-10)5-6-15-12/h3-4,7H,5-6,8-9,14H2,1-2H3. The minimum Gasteiger partial charge on any atom is -0.493 e. The van der Waals surface area contributed by atoms with Crippen LogP contribution in [-0.4, -0.2) is 13.2 Å². The molecule has 2 rings (SSSR count). The van der Waals surface area contributed by atoms with Crippen LogP contribution in [0, 0.1) is 5.41 Å². The maximum atomic E-state index is 5.49. The molecule has 3 heteroatoms. The van der Waals surface area contributed by atoms with Gasteiger partial charge >= 0.3 is 0 Å². The summed E-state index contributed by atoms with van der Waals surface area (Å²) in [6.07, 6.45) is 1.99. The van der Waals surface area contributed by atoms with Crippen LogP contribution in [0.25, 0.3) is 0 Å². The summed E-state index contributed by atoms with van der Waals surface area (Å²) in [6, 6.07) is 6.43. The zero-order valence-electron chi connectivity index (χ0n) is 9.95. The molecular weight excluding hydrogens is 202 g/mol. The Morgan fingerprint density at radius 3 is 3.00 bits per heavy atom. The number of hydrogen-bond acceptors (Lipinski definition) is 3. The molecule has 0 atom stereocenters. The van der Waals surface area contributed by atoms with Crippen LogP contribution in [0.1, 0.15) is 25.0 Å². The second-order valence-electron chi connectivity index (χ2n) is 5.19. The van der Waals surface area contributed by atoms with E-state index < -0.39 is 0 Å². The molecule has 16 heavy (non-hydrogen) atoms. The van der Waals surface area contributed by atoms with Gasteiger partial charge in [0.05, 0.1) is 13.2 Å². The van der Waals surface area contributed by atoms with Crippen LogP contribution in [0.5, 0.6) is 5.75 Å². The minimum absolute atomic E-state index is 0.0719. The van der Waals surface area contributed by atoms with Gasteiger partial charge in [0, 0.05) is 6.42 Å². The number of rotatable bonds is 4. The van der Waals surface area contributed by atoms with Crippen molar-refractivity contribution in [2.24, 2.45) is 11.3 Å². The second-order valence-corrected chi connectivity index (χ2v) is 5.19. The average Bonchev–Trinajstić information content (AvgIpc) is 2.63. The third-order valence-electron chi connectivity index (χ3n) is 2.91. The monoisotopic (exact) mass is 221 g/mol. The van der Waals surface area contributed by atoms with Crippen LogP contribution in [0.2, 0.25) is 0 Å². The van der Waals surface area contributed by atoms with E-state index in [1.165, 1.54) is 11.1 Å². The Morgan fingerprint density at radius 1 is 1.44 bits per heavy atom. The largest absolute Gasteiger partial charge is 0.493 e. The molecule has 0 bridgehead atoms. The normalized spacial score (nSPS) is 14.7. The molecule has 1 aliphatic heterocycles. The lowest BCUT2D eigenvalue weighted by atomic mass is 9.86. The van der Waals surface area contributed by atoms with Crippen LogP contribution in [0.15, 0.2) is 18.2 Å². The molecular formula is C13H19NO2. The molecule has 1 aromatic rings. The Kier molecular flexibility index (Phi) is 3.17. The Morgan fingerprint density at radius 2 is 2.25 bits per heavy atom. The van der Waals surface area contributed by atoms with E-state index in [-0.39, 0.29) is 5.41 Å². The lowest BCUT2D eigenvalue weighted by molar-refractivity contribution is 0.0629. The molecule has 0 fully saturated rings. The van der Waals surface area contributed by atoms with Crippen LogP contribution in [-0.2, 0) is 17.7 Å². The molecule has 1 heterocycles. The maximum Gasteiger partial charge on any atom is 0.122 e. The van der Waals surface area contributed by atoms with Gasteiger partial charge in [-0.15, -0.1) is 0 Å². The van der Waals surface area contributed by atoms with Gasteiger partial charge in [0.2, 0.25) is 0 Å². The lowest BCUT2D eigenvalue weighted by Gasteiger charge is -2.23. The zero-order valence-corrected chi connectivity index (χ0v) is 9.95. The summed E-state index contributed by atoms with van der Waals surface area (Å²) in [5, 5.41) is 0. The van der Waals surface area contributed by atoms with Crippen LogP contribution in [0.3, 0.4) is 0 Å². The smallest absolute Gasteiger partial charge is 0.122 e. The van der Waals surface area contributed by atoms with Crippen LogP contribution < -0.4 is 10.6 Å². The van der Waals surface area contributed by atoms with Crippen molar-refractivity contribution in [1.82, 2.24) is 0 Å². The second kappa shape index (κ2) is 4.44. The van der Waals surface area contributed by atoms with Crippen molar-refractivity contribution in [3.05, 3.63) is 29.3 Å². The molecule has 1 aromatic carbocycles. The number of nitrogens with two attached hydrogens (primary N) is 1. The zero-order chi connectivity index (χ0) is 11.6. The Hall–Kier alpha value is -1.06. The molecule has 0 saturated heterocycles. The van der Waals surface area contributed by atoms with Gasteiger partial charge < -0.3 is 9.57 Å². The molecule has 0 unspecified atom stereocenters. The Labute approximate surface area is 96.5 Å². The molecule has 0 amide bonds. The summed E-state index contributed by atoms with van der Waals surface area (Å²) in [6.45, 7) is 5.70. The fourth-order valence-corrected chi connectivity index (χ4v) is 2.18. The van der Waals surface area contributed by atoms with E-state index in [9.17, 15) is 0 Å². The summed E-state index contributed by atoms with van der Waals surface area (Å²) in [7, 11) is 0. The fourth-order valence-electron chi connectivity index (χ4n) is 2.18. The molecule has 0 spiro atoms. The summed E-state index contributed by atoms with van der Waals surface area (Å²) >= 11 is 0. The fraction of sp³-hybridized carbons (Fsp3) is 0.538. The molecule has 3 nitrogen and oxygen atoms in total. The van der Waals surface area contributed by atoms with E-state index in [1.807, 2.05) is 0 Å². The lowest BCUT2D eigenvalue weighted by Crippen LogP contribution is -2.24. The Bertz CT molecular complexity index is 374. The van der Waals surface area contributed by atoms with Crippen molar-refractivity contribution in [2.45, 2.75) is 26.7 Å². The quantitative estimate of drug-likeness (QED) is 0.792. The molecule has 1 aliphatic rings. The maximum absolute atomic E-state index is 5.49. The van der Waals surface area contributed by atoms with Gasteiger partial charge in [-0.3, -0.25) is 0 Å². The Balaban J connectivity index is 2.10. The highest BCUT2D eigenvalue weighted by atomic mass is 16.6. The highest BCUT2D eigenvalue weighted by Gasteiger charge is 2.20. The van der Waals surface area contributed by atoms with Gasteiger partial charge in [0.1, 0.15) is 5.75 Å². The van der Waals surface area contributed by atoms with Gasteiger partial charge in [-0.05, 0) is 29.0 Å². The first-order valence-corrected chi connectivity index (χ1v) is 5.67. The predicted molar refractivity (Wildman–Crippen MR) is 63.3 cm³/mol. The summed E-state index contributed by atoms with van der Waals surface area (Å²) in [5.74, 6) is 6.18. The van der Waals surface area contributed by atoms with Gasteiger partial charge in [0.25, 0.3) is 0 Å². The first kappa shape index (κ1) is 11.4. The number of hydrogen-bond donors (Lipinski definition) is 1. The van der Waals surface area contributed by atoms with E-state index in [0.717, 1.165) is 25.2 Å². The molecule has 0 radical (unpaired) electrons. The van der Waals surface area contributed by atoms with Gasteiger partial charge in [-0.1, -0.05) is 26.0 Å². The van der Waals surface area contributed by atoms with E-state index in [1.54, 1.807) is 0 Å². The van der Waals surface area contributed by atoms with E-state index >= 15 is 0 Å². The van der Waals surface area contributed by atoms with Crippen molar-refractivity contribution in [1.29, 1.82) is 0 Å². The molecule has 88 valence electrons. The van der Waals surface area contributed by atoms with Crippen molar-refractivity contribution < 1.29 is 9.57 Å². The SMILES string of the molecule is CC(C)(CON)Cc1ccc2c(c1)CCO2. The van der Waals surface area contributed by atoms with Crippen molar-refractivity contribution in [2.75, 3.05) is 13.2 Å². The highest BCUT2D eigenvalue weighted by molar-refractivity contribution is 5.40. The summed E-state index contributed by atoms with van der Waals surface area (Å²) in [5.41, 5.74) is 2.72. The topological polar surface area (TPSA) is 44.5 Å². The number of ether oxygens (including phenoxy) is 1. The van der Waals surface area contributed by atoms with Gasteiger partial charge in [0.15, 0.2) is 0 Å². The third-order valence-corrected chi connectivity index (χ3v) is 2.91. The molecule has 0 aliphatic carbocycles. The third kappa shape index (κ3) is 2.54. The minimum atomic E-state index is 0.0719. The van der Waals surface area contributed by atoms with Crippen molar-refractivity contribution >= 4 is 0 Å². The average molecular weight is 221 g/mol. The predicted octanol–water partition coefficient (Wildman–Crippen LogP) is 2.08. The van der Waals surface area contributed by atoms with Gasteiger partial charge in [-0.25, -0.2) is 5.90 Å². The molecule has 0 aromatic heterocycles. The summed E-state index contributed by atoms with van der Waals surface area (Å²) in [4.78, 5) is 4.75.